The van der Waals surface area contributed by atoms with Gasteiger partial charge in [0.25, 0.3) is 0 Å². The molecule has 1 unspecified atom stereocenters. The van der Waals surface area contributed by atoms with Crippen LogP contribution in [0.2, 0.25) is 0 Å². The standard InChI is InChI=1S/C17H17FO/c18-15-8-4-9-16(11-15)19-12-14-7-3-6-13-5-1-2-10-17(13)14/h1-2,4-5,8-11,14H,3,6-7,12H2. The van der Waals surface area contributed by atoms with Crippen LogP contribution in [0.5, 0.6) is 5.75 Å². The minimum Gasteiger partial charge on any atom is -0.493 e. The highest BCUT2D eigenvalue weighted by Gasteiger charge is 2.20. The van der Waals surface area contributed by atoms with Gasteiger partial charge in [-0.3, -0.25) is 0 Å². The van der Waals surface area contributed by atoms with E-state index in [-0.39, 0.29) is 5.82 Å². The van der Waals surface area contributed by atoms with E-state index in [4.69, 9.17) is 4.74 Å². The summed E-state index contributed by atoms with van der Waals surface area (Å²) >= 11 is 0. The molecule has 0 saturated heterocycles. The molecule has 2 heteroatoms. The Bertz CT molecular complexity index is 565. The molecule has 0 fully saturated rings. The summed E-state index contributed by atoms with van der Waals surface area (Å²) in [5.41, 5.74) is 2.83. The van der Waals surface area contributed by atoms with E-state index >= 15 is 0 Å². The lowest BCUT2D eigenvalue weighted by Crippen LogP contribution is -2.16. The first-order chi connectivity index (χ1) is 9.33. The molecule has 2 aromatic carbocycles. The summed E-state index contributed by atoms with van der Waals surface area (Å²) in [5, 5.41) is 0. The zero-order valence-corrected chi connectivity index (χ0v) is 10.8. The maximum atomic E-state index is 13.1. The normalized spacial score (nSPS) is 17.8. The predicted octanol–water partition coefficient (Wildman–Crippen LogP) is 4.32. The molecule has 1 nitrogen and oxygen atoms in total. The average molecular weight is 256 g/mol. The highest BCUT2D eigenvalue weighted by Crippen LogP contribution is 2.31. The van der Waals surface area contributed by atoms with Gasteiger partial charge in [-0.15, -0.1) is 0 Å². The molecule has 0 heterocycles. The first kappa shape index (κ1) is 12.2. The molecular weight excluding hydrogens is 239 g/mol. The summed E-state index contributed by atoms with van der Waals surface area (Å²) in [4.78, 5) is 0. The summed E-state index contributed by atoms with van der Waals surface area (Å²) in [6.45, 7) is 0.625. The number of hydrogen-bond acceptors (Lipinski definition) is 1. The van der Waals surface area contributed by atoms with Crippen LogP contribution in [0.25, 0.3) is 0 Å². The third kappa shape index (κ3) is 2.78. The van der Waals surface area contributed by atoms with Gasteiger partial charge in [-0.05, 0) is 42.5 Å². The SMILES string of the molecule is Fc1cccc(OCC2CCCc3ccccc32)c1. The van der Waals surface area contributed by atoms with Crippen molar-refractivity contribution in [2.45, 2.75) is 25.2 Å². The predicted molar refractivity (Wildman–Crippen MR) is 74.0 cm³/mol. The molecule has 0 spiro atoms. The lowest BCUT2D eigenvalue weighted by atomic mass is 9.83. The highest BCUT2D eigenvalue weighted by molar-refractivity contribution is 5.33. The smallest absolute Gasteiger partial charge is 0.126 e. The van der Waals surface area contributed by atoms with E-state index < -0.39 is 0 Å². The molecule has 3 rings (SSSR count). The Hall–Kier alpha value is -1.83. The van der Waals surface area contributed by atoms with E-state index in [0.29, 0.717) is 18.3 Å². The van der Waals surface area contributed by atoms with Gasteiger partial charge in [0.15, 0.2) is 0 Å². The summed E-state index contributed by atoms with van der Waals surface area (Å²) in [6.07, 6.45) is 3.51. The highest BCUT2D eigenvalue weighted by atomic mass is 19.1. The number of fused-ring (bicyclic) bond motifs is 1. The van der Waals surface area contributed by atoms with Crippen molar-refractivity contribution < 1.29 is 9.13 Å². The van der Waals surface area contributed by atoms with E-state index in [9.17, 15) is 4.39 Å². The van der Waals surface area contributed by atoms with Crippen LogP contribution in [0.15, 0.2) is 48.5 Å². The monoisotopic (exact) mass is 256 g/mol. The van der Waals surface area contributed by atoms with Crippen molar-refractivity contribution in [3.63, 3.8) is 0 Å². The first-order valence-electron chi connectivity index (χ1n) is 6.79. The zero-order valence-electron chi connectivity index (χ0n) is 10.8. The second kappa shape index (κ2) is 5.43. The number of hydrogen-bond donors (Lipinski definition) is 0. The number of rotatable bonds is 3. The number of aryl methyl sites for hydroxylation is 1. The Morgan fingerprint density at radius 2 is 2.00 bits per heavy atom. The molecule has 2 aromatic rings. The van der Waals surface area contributed by atoms with Crippen LogP contribution in [0.1, 0.15) is 29.9 Å². The van der Waals surface area contributed by atoms with Gasteiger partial charge in [-0.25, -0.2) is 4.39 Å². The third-order valence-electron chi connectivity index (χ3n) is 3.74. The van der Waals surface area contributed by atoms with Crippen LogP contribution in [-0.2, 0) is 6.42 Å². The fourth-order valence-corrected chi connectivity index (χ4v) is 2.78. The van der Waals surface area contributed by atoms with E-state index in [0.717, 1.165) is 12.8 Å². The fourth-order valence-electron chi connectivity index (χ4n) is 2.78. The summed E-state index contributed by atoms with van der Waals surface area (Å²) in [7, 11) is 0. The molecule has 98 valence electrons. The molecule has 0 N–H and O–H groups in total. The number of halogens is 1. The number of ether oxygens (including phenoxy) is 1. The average Bonchev–Trinajstić information content (AvgIpc) is 2.45. The van der Waals surface area contributed by atoms with Crippen LogP contribution in [0, 0.1) is 5.82 Å². The molecule has 0 saturated carbocycles. The van der Waals surface area contributed by atoms with Crippen LogP contribution in [0.4, 0.5) is 4.39 Å². The Labute approximate surface area is 113 Å². The van der Waals surface area contributed by atoms with Crippen LogP contribution >= 0.6 is 0 Å². The summed E-state index contributed by atoms with van der Waals surface area (Å²) in [6, 6.07) is 14.9. The molecule has 0 radical (unpaired) electrons. The molecule has 0 amide bonds. The molecule has 1 aliphatic carbocycles. The number of benzene rings is 2. The van der Waals surface area contributed by atoms with Crippen molar-refractivity contribution in [1.29, 1.82) is 0 Å². The van der Waals surface area contributed by atoms with Crippen LogP contribution in [-0.4, -0.2) is 6.61 Å². The fraction of sp³-hybridized carbons (Fsp3) is 0.294. The van der Waals surface area contributed by atoms with Crippen LogP contribution < -0.4 is 4.74 Å². The Balaban J connectivity index is 1.71. The largest absolute Gasteiger partial charge is 0.493 e. The van der Waals surface area contributed by atoms with E-state index in [2.05, 4.69) is 24.3 Å². The first-order valence-corrected chi connectivity index (χ1v) is 6.79. The quantitative estimate of drug-likeness (QED) is 0.794. The van der Waals surface area contributed by atoms with Crippen molar-refractivity contribution in [2.24, 2.45) is 0 Å². The zero-order chi connectivity index (χ0) is 13.1. The van der Waals surface area contributed by atoms with E-state index in [1.54, 1.807) is 12.1 Å². The van der Waals surface area contributed by atoms with Crippen molar-refractivity contribution in [1.82, 2.24) is 0 Å². The van der Waals surface area contributed by atoms with Crippen molar-refractivity contribution >= 4 is 0 Å². The van der Waals surface area contributed by atoms with Crippen LogP contribution in [0.3, 0.4) is 0 Å². The molecule has 0 aliphatic heterocycles. The Kier molecular flexibility index (Phi) is 3.49. The van der Waals surface area contributed by atoms with Gasteiger partial charge in [-0.1, -0.05) is 30.3 Å². The minimum absolute atomic E-state index is 0.249. The van der Waals surface area contributed by atoms with Gasteiger partial charge >= 0.3 is 0 Å². The van der Waals surface area contributed by atoms with Gasteiger partial charge in [0.05, 0.1) is 6.61 Å². The maximum absolute atomic E-state index is 13.1. The molecule has 1 aliphatic rings. The molecule has 0 aromatic heterocycles. The van der Waals surface area contributed by atoms with Gasteiger partial charge in [-0.2, -0.15) is 0 Å². The van der Waals surface area contributed by atoms with Crippen molar-refractivity contribution in [3.8, 4) is 5.75 Å². The lowest BCUT2D eigenvalue weighted by molar-refractivity contribution is 0.273. The van der Waals surface area contributed by atoms with Gasteiger partial charge < -0.3 is 4.74 Å². The molecule has 1 atom stereocenters. The topological polar surface area (TPSA) is 9.23 Å². The van der Waals surface area contributed by atoms with Crippen molar-refractivity contribution in [2.75, 3.05) is 6.61 Å². The maximum Gasteiger partial charge on any atom is 0.126 e. The molecular formula is C17H17FO. The lowest BCUT2D eigenvalue weighted by Gasteiger charge is -2.25. The minimum atomic E-state index is -0.249. The molecule has 19 heavy (non-hydrogen) atoms. The second-order valence-electron chi connectivity index (χ2n) is 5.06. The summed E-state index contributed by atoms with van der Waals surface area (Å²) < 4.78 is 18.8. The molecule has 0 bridgehead atoms. The Morgan fingerprint density at radius 3 is 2.89 bits per heavy atom. The Morgan fingerprint density at radius 1 is 1.11 bits per heavy atom. The van der Waals surface area contributed by atoms with E-state index in [1.165, 1.54) is 29.7 Å². The summed E-state index contributed by atoms with van der Waals surface area (Å²) in [5.74, 6) is 0.790. The van der Waals surface area contributed by atoms with Gasteiger partial charge in [0, 0.05) is 12.0 Å². The van der Waals surface area contributed by atoms with Gasteiger partial charge in [0.2, 0.25) is 0 Å². The third-order valence-corrected chi connectivity index (χ3v) is 3.74. The van der Waals surface area contributed by atoms with E-state index in [1.807, 2.05) is 0 Å². The van der Waals surface area contributed by atoms with Crippen molar-refractivity contribution in [3.05, 3.63) is 65.5 Å². The van der Waals surface area contributed by atoms with Gasteiger partial charge in [0.1, 0.15) is 11.6 Å². The second-order valence-corrected chi connectivity index (χ2v) is 5.06.